The van der Waals surface area contributed by atoms with E-state index in [1.807, 2.05) is 13.8 Å². The molecule has 0 unspecified atom stereocenters. The predicted molar refractivity (Wildman–Crippen MR) is 52.0 cm³/mol. The Labute approximate surface area is 84.0 Å². The Bertz CT molecular complexity index is 277. The van der Waals surface area contributed by atoms with Gasteiger partial charge in [-0.25, -0.2) is 4.79 Å². The molecule has 0 spiro atoms. The van der Waals surface area contributed by atoms with Gasteiger partial charge in [0.1, 0.15) is 12.2 Å². The van der Waals surface area contributed by atoms with Crippen LogP contribution in [-0.4, -0.2) is 19.2 Å². The van der Waals surface area contributed by atoms with Gasteiger partial charge in [0.15, 0.2) is 0 Å². The van der Waals surface area contributed by atoms with Gasteiger partial charge in [0, 0.05) is 18.4 Å². The summed E-state index contributed by atoms with van der Waals surface area (Å²) >= 11 is 0. The van der Waals surface area contributed by atoms with E-state index in [9.17, 15) is 4.79 Å². The van der Waals surface area contributed by atoms with Crippen LogP contribution in [0.4, 0.5) is 4.79 Å². The van der Waals surface area contributed by atoms with Gasteiger partial charge in [-0.1, -0.05) is 6.92 Å². The first-order valence-corrected chi connectivity index (χ1v) is 4.37. The van der Waals surface area contributed by atoms with Gasteiger partial charge >= 0.3 is 6.09 Å². The number of amides is 1. The van der Waals surface area contributed by atoms with Crippen LogP contribution in [0.5, 0.6) is 0 Å². The number of alkyl carbamates (subject to hydrolysis) is 1. The fourth-order valence-corrected chi connectivity index (χ4v) is 0.494. The molecule has 0 aromatic carbocycles. The zero-order valence-electron chi connectivity index (χ0n) is 8.35. The van der Waals surface area contributed by atoms with Crippen molar-refractivity contribution in [1.82, 2.24) is 5.32 Å². The first-order valence-electron chi connectivity index (χ1n) is 4.37. The molecule has 0 atom stereocenters. The molecule has 0 rings (SSSR count). The van der Waals surface area contributed by atoms with E-state index in [1.165, 1.54) is 0 Å². The molecule has 76 valence electrons. The Hall–Kier alpha value is -1.81. The highest BCUT2D eigenvalue weighted by atomic mass is 16.5. The summed E-state index contributed by atoms with van der Waals surface area (Å²) in [5, 5.41) is 2.49. The van der Waals surface area contributed by atoms with Crippen molar-refractivity contribution in [3.05, 3.63) is 0 Å². The smallest absolute Gasteiger partial charge is 0.421 e. The Morgan fingerprint density at radius 2 is 2.00 bits per heavy atom. The van der Waals surface area contributed by atoms with E-state index >= 15 is 0 Å². The highest BCUT2D eigenvalue weighted by Crippen LogP contribution is 1.75. The summed E-state index contributed by atoms with van der Waals surface area (Å²) in [6.07, 6.45) is 4.75. The normalized spacial score (nSPS) is 7.29. The Morgan fingerprint density at radius 1 is 1.29 bits per heavy atom. The molecule has 0 saturated carbocycles. The van der Waals surface area contributed by atoms with Crippen molar-refractivity contribution in [2.24, 2.45) is 0 Å². The molecule has 0 aromatic rings. The summed E-state index contributed by atoms with van der Waals surface area (Å²) < 4.78 is 9.14. The standard InChI is InChI=1S/C10H13NO3/c1-3-7-11-10(12)14-9-6-5-8-13-4-2/h3-4,7H2,1-2H3,(H,11,12). The lowest BCUT2D eigenvalue weighted by Crippen LogP contribution is -2.23. The molecule has 0 bridgehead atoms. The van der Waals surface area contributed by atoms with Gasteiger partial charge < -0.3 is 14.8 Å². The van der Waals surface area contributed by atoms with Crippen molar-refractivity contribution >= 4 is 6.09 Å². The van der Waals surface area contributed by atoms with E-state index in [4.69, 9.17) is 0 Å². The molecule has 1 amide bonds. The van der Waals surface area contributed by atoms with Crippen LogP contribution < -0.4 is 5.32 Å². The molecular formula is C10H13NO3. The van der Waals surface area contributed by atoms with Crippen molar-refractivity contribution in [2.75, 3.05) is 13.2 Å². The third kappa shape index (κ3) is 8.29. The average Bonchev–Trinajstić information content (AvgIpc) is 2.20. The molecule has 0 heterocycles. The molecule has 0 saturated heterocycles. The van der Waals surface area contributed by atoms with Crippen molar-refractivity contribution in [3.8, 4) is 24.1 Å². The zero-order chi connectivity index (χ0) is 10.6. The molecule has 1 N–H and O–H groups in total. The van der Waals surface area contributed by atoms with Crippen LogP contribution in [-0.2, 0) is 9.47 Å². The van der Waals surface area contributed by atoms with Gasteiger partial charge in [0.2, 0.25) is 0 Å². The minimum absolute atomic E-state index is 0.506. The van der Waals surface area contributed by atoms with Gasteiger partial charge in [-0.15, -0.1) is 0 Å². The third-order valence-corrected chi connectivity index (χ3v) is 1.04. The molecule has 4 heteroatoms. The fraction of sp³-hybridized carbons (Fsp3) is 0.500. The van der Waals surface area contributed by atoms with Gasteiger partial charge in [0.25, 0.3) is 0 Å². The summed E-state index contributed by atoms with van der Waals surface area (Å²) in [5.41, 5.74) is 0. The Morgan fingerprint density at radius 3 is 2.64 bits per heavy atom. The molecule has 0 aliphatic carbocycles. The van der Waals surface area contributed by atoms with E-state index < -0.39 is 6.09 Å². The quantitative estimate of drug-likeness (QED) is 0.685. The van der Waals surface area contributed by atoms with Crippen molar-refractivity contribution in [3.63, 3.8) is 0 Å². The maximum Gasteiger partial charge on any atom is 0.421 e. The van der Waals surface area contributed by atoms with Crippen molar-refractivity contribution in [1.29, 1.82) is 0 Å². The average molecular weight is 195 g/mol. The lowest BCUT2D eigenvalue weighted by atomic mass is 10.5. The van der Waals surface area contributed by atoms with Crippen LogP contribution in [0.25, 0.3) is 0 Å². The van der Waals surface area contributed by atoms with E-state index in [0.29, 0.717) is 13.2 Å². The van der Waals surface area contributed by atoms with E-state index in [1.54, 1.807) is 0 Å². The SMILES string of the molecule is CCCNC(=O)OC#CC#COCC. The highest BCUT2D eigenvalue weighted by Gasteiger charge is 1.95. The third-order valence-electron chi connectivity index (χ3n) is 1.04. The van der Waals surface area contributed by atoms with Gasteiger partial charge in [-0.3, -0.25) is 0 Å². The summed E-state index contributed by atoms with van der Waals surface area (Å²) in [7, 11) is 0. The summed E-state index contributed by atoms with van der Waals surface area (Å²) in [6.45, 7) is 4.84. The number of rotatable bonds is 3. The first kappa shape index (κ1) is 12.2. The second-order valence-electron chi connectivity index (χ2n) is 2.20. The first-order chi connectivity index (χ1) is 6.81. The van der Waals surface area contributed by atoms with Crippen molar-refractivity contribution in [2.45, 2.75) is 20.3 Å². The van der Waals surface area contributed by atoms with Gasteiger partial charge in [0.05, 0.1) is 6.61 Å². The van der Waals surface area contributed by atoms with E-state index in [-0.39, 0.29) is 0 Å². The number of nitrogens with one attached hydrogen (secondary N) is 1. The molecule has 4 nitrogen and oxygen atoms in total. The van der Waals surface area contributed by atoms with Crippen LogP contribution in [0.2, 0.25) is 0 Å². The van der Waals surface area contributed by atoms with Gasteiger partial charge in [-0.05, 0) is 13.3 Å². The zero-order valence-corrected chi connectivity index (χ0v) is 8.35. The molecule has 14 heavy (non-hydrogen) atoms. The minimum Gasteiger partial charge on any atom is -0.446 e. The number of ether oxygens (including phenoxy) is 2. The summed E-state index contributed by atoms with van der Waals surface area (Å²) in [6, 6.07) is 0. The van der Waals surface area contributed by atoms with Crippen LogP contribution in [0.3, 0.4) is 0 Å². The fourth-order valence-electron chi connectivity index (χ4n) is 0.494. The number of carbonyl (C=O) groups excluding carboxylic acids is 1. The maximum absolute atomic E-state index is 10.8. The lowest BCUT2D eigenvalue weighted by Gasteiger charge is -1.96. The second-order valence-corrected chi connectivity index (χ2v) is 2.20. The van der Waals surface area contributed by atoms with Crippen LogP contribution in [0.15, 0.2) is 0 Å². The van der Waals surface area contributed by atoms with Crippen LogP contribution >= 0.6 is 0 Å². The molecule has 0 aliphatic rings. The highest BCUT2D eigenvalue weighted by molar-refractivity contribution is 5.68. The minimum atomic E-state index is -0.558. The Balaban J connectivity index is 3.60. The topological polar surface area (TPSA) is 47.6 Å². The molecule has 0 radical (unpaired) electrons. The maximum atomic E-state index is 10.8. The Kier molecular flexibility index (Phi) is 8.08. The van der Waals surface area contributed by atoms with Crippen LogP contribution in [0, 0.1) is 24.1 Å². The molecule has 0 aliphatic heterocycles. The molecular weight excluding hydrogens is 182 g/mol. The van der Waals surface area contributed by atoms with Gasteiger partial charge in [-0.2, -0.15) is 0 Å². The van der Waals surface area contributed by atoms with Crippen molar-refractivity contribution < 1.29 is 14.3 Å². The summed E-state index contributed by atoms with van der Waals surface area (Å²) in [4.78, 5) is 10.8. The molecule has 0 aromatic heterocycles. The number of carbonyl (C=O) groups is 1. The number of hydrogen-bond donors (Lipinski definition) is 1. The molecule has 0 fully saturated rings. The monoisotopic (exact) mass is 195 g/mol. The lowest BCUT2D eigenvalue weighted by molar-refractivity contribution is 0.192. The summed E-state index contributed by atoms with van der Waals surface area (Å²) in [5.74, 6) is 4.67. The predicted octanol–water partition coefficient (Wildman–Crippen LogP) is 1.08. The largest absolute Gasteiger partial charge is 0.446 e. The number of hydrogen-bond acceptors (Lipinski definition) is 3. The van der Waals surface area contributed by atoms with E-state index in [0.717, 1.165) is 6.42 Å². The second kappa shape index (κ2) is 9.28. The van der Waals surface area contributed by atoms with E-state index in [2.05, 4.69) is 38.8 Å². The van der Waals surface area contributed by atoms with Crippen LogP contribution in [0.1, 0.15) is 20.3 Å².